The first-order chi connectivity index (χ1) is 16.7. The van der Waals surface area contributed by atoms with Crippen LogP contribution in [0.2, 0.25) is 5.02 Å². The van der Waals surface area contributed by atoms with E-state index in [1.54, 1.807) is 0 Å². The van der Waals surface area contributed by atoms with Crippen molar-refractivity contribution in [1.29, 1.82) is 0 Å². The molecule has 0 spiro atoms. The number of nitrogens with zero attached hydrogens (tertiary/aromatic N) is 5. The average molecular weight is 477 g/mol. The number of aromatic nitrogens is 3. The molecule has 0 saturated carbocycles. The highest BCUT2D eigenvalue weighted by atomic mass is 35.5. The van der Waals surface area contributed by atoms with Gasteiger partial charge in [0.2, 0.25) is 0 Å². The van der Waals surface area contributed by atoms with E-state index in [0.29, 0.717) is 5.02 Å². The molecule has 34 heavy (non-hydrogen) atoms. The fraction of sp³-hybridized carbons (Fsp3) is 0.360. The molecule has 3 N–H and O–H groups in total. The van der Waals surface area contributed by atoms with Gasteiger partial charge in [0.25, 0.3) is 0 Å². The highest BCUT2D eigenvalue weighted by Crippen LogP contribution is 2.36. The van der Waals surface area contributed by atoms with Gasteiger partial charge in [-0.1, -0.05) is 23.7 Å². The summed E-state index contributed by atoms with van der Waals surface area (Å²) in [6, 6.07) is 10.5. The Morgan fingerprint density at radius 3 is 2.41 bits per heavy atom. The molecule has 0 amide bonds. The molecule has 2 aromatic heterocycles. The van der Waals surface area contributed by atoms with Gasteiger partial charge in [-0.15, -0.1) is 0 Å². The second kappa shape index (κ2) is 8.94. The summed E-state index contributed by atoms with van der Waals surface area (Å²) in [4.78, 5) is 14.6. The Bertz CT molecular complexity index is 1320. The number of imidazole rings is 1. The van der Waals surface area contributed by atoms with Crippen molar-refractivity contribution < 1.29 is 0 Å². The van der Waals surface area contributed by atoms with Crippen LogP contribution in [0.3, 0.4) is 0 Å². The second-order valence-corrected chi connectivity index (χ2v) is 9.38. The number of piperazine rings is 2. The molecule has 2 aromatic carbocycles. The minimum atomic E-state index is 0.677. The number of anilines is 4. The number of halogens is 1. The van der Waals surface area contributed by atoms with Crippen LogP contribution < -0.4 is 25.8 Å². The Hall–Kier alpha value is -3.07. The number of hydrogen-bond acceptors (Lipinski definition) is 7. The van der Waals surface area contributed by atoms with Crippen molar-refractivity contribution in [1.82, 2.24) is 25.0 Å². The lowest BCUT2D eigenvalue weighted by Crippen LogP contribution is -2.44. The van der Waals surface area contributed by atoms with Gasteiger partial charge < -0.3 is 25.8 Å². The van der Waals surface area contributed by atoms with Gasteiger partial charge in [-0.05, 0) is 30.7 Å². The molecule has 6 rings (SSSR count). The highest BCUT2D eigenvalue weighted by Gasteiger charge is 2.22. The fourth-order valence-corrected chi connectivity index (χ4v) is 5.24. The van der Waals surface area contributed by atoms with E-state index in [4.69, 9.17) is 16.6 Å². The molecule has 0 radical (unpaired) electrons. The van der Waals surface area contributed by atoms with Gasteiger partial charge in [-0.25, -0.2) is 9.97 Å². The number of para-hydroxylation sites is 1. The summed E-state index contributed by atoms with van der Waals surface area (Å²) in [7, 11) is 0. The van der Waals surface area contributed by atoms with Crippen LogP contribution in [0.4, 0.5) is 22.9 Å². The molecule has 0 unspecified atom stereocenters. The fourth-order valence-electron chi connectivity index (χ4n) is 4.97. The molecule has 0 aliphatic carbocycles. The molecule has 4 aromatic rings. The molecular formula is C25H29ClN8. The third-order valence-corrected chi connectivity index (χ3v) is 7.14. The Morgan fingerprint density at radius 1 is 0.941 bits per heavy atom. The second-order valence-electron chi connectivity index (χ2n) is 8.97. The van der Waals surface area contributed by atoms with Crippen LogP contribution in [0.15, 0.2) is 42.9 Å². The predicted molar refractivity (Wildman–Crippen MR) is 140 cm³/mol. The maximum atomic E-state index is 6.54. The highest BCUT2D eigenvalue weighted by molar-refractivity contribution is 6.33. The number of aryl methyl sites for hydroxylation is 1. The zero-order valence-electron chi connectivity index (χ0n) is 19.3. The summed E-state index contributed by atoms with van der Waals surface area (Å²) < 4.78 is 2.15. The topological polar surface area (TPSA) is 72.8 Å². The zero-order chi connectivity index (χ0) is 23.1. The normalized spacial score (nSPS) is 17.0. The third kappa shape index (κ3) is 3.81. The van der Waals surface area contributed by atoms with E-state index in [-0.39, 0.29) is 0 Å². The Kier molecular flexibility index (Phi) is 5.64. The largest absolute Gasteiger partial charge is 0.369 e. The number of benzene rings is 2. The maximum Gasteiger partial charge on any atom is 0.157 e. The van der Waals surface area contributed by atoms with Crippen LogP contribution >= 0.6 is 11.6 Å². The first-order valence-electron chi connectivity index (χ1n) is 11.9. The molecule has 8 nitrogen and oxygen atoms in total. The van der Waals surface area contributed by atoms with Crippen LogP contribution in [0.1, 0.15) is 5.56 Å². The van der Waals surface area contributed by atoms with Crippen molar-refractivity contribution in [2.24, 2.45) is 0 Å². The standard InChI is InChI=1S/C25H29ClN8/c1-17-3-2-4-19(26)23(17)30-25-22-15-29-16-34(22)21-14-18(32-9-5-27-6-10-32)13-20(24(21)31-25)33-11-7-28-8-12-33/h2-4,13-16,27-28H,5-12H2,1H3,(H,30,31). The Balaban J connectivity index is 1.55. The van der Waals surface area contributed by atoms with Gasteiger partial charge in [0.15, 0.2) is 5.82 Å². The van der Waals surface area contributed by atoms with Gasteiger partial charge in [0.1, 0.15) is 11.0 Å². The summed E-state index contributed by atoms with van der Waals surface area (Å²) >= 11 is 6.54. The van der Waals surface area contributed by atoms with Crippen LogP contribution in [-0.2, 0) is 0 Å². The number of hydrogen-bond donors (Lipinski definition) is 3. The molecule has 0 atom stereocenters. The average Bonchev–Trinajstić information content (AvgIpc) is 3.38. The molecule has 9 heteroatoms. The molecule has 0 bridgehead atoms. The van der Waals surface area contributed by atoms with Gasteiger partial charge in [0, 0.05) is 58.0 Å². The van der Waals surface area contributed by atoms with E-state index in [1.807, 2.05) is 24.7 Å². The lowest BCUT2D eigenvalue weighted by Gasteiger charge is -2.33. The van der Waals surface area contributed by atoms with Crippen LogP contribution in [0.25, 0.3) is 16.6 Å². The lowest BCUT2D eigenvalue weighted by molar-refractivity contribution is 0.585. The minimum absolute atomic E-state index is 0.677. The molecule has 2 saturated heterocycles. The summed E-state index contributed by atoms with van der Waals surface area (Å²) in [5, 5.41) is 11.1. The first-order valence-corrected chi connectivity index (χ1v) is 12.3. The summed E-state index contributed by atoms with van der Waals surface area (Å²) in [6.45, 7) is 9.89. The van der Waals surface area contributed by atoms with E-state index in [9.17, 15) is 0 Å². The summed E-state index contributed by atoms with van der Waals surface area (Å²) in [5.74, 6) is 0.757. The van der Waals surface area contributed by atoms with Crippen LogP contribution in [-0.4, -0.2) is 66.7 Å². The van der Waals surface area contributed by atoms with Crippen molar-refractivity contribution in [2.45, 2.75) is 6.92 Å². The van der Waals surface area contributed by atoms with Gasteiger partial charge in [0.05, 0.1) is 34.4 Å². The molecule has 2 aliphatic heterocycles. The molecule has 4 heterocycles. The van der Waals surface area contributed by atoms with E-state index in [2.05, 4.69) is 60.3 Å². The monoisotopic (exact) mass is 476 g/mol. The van der Waals surface area contributed by atoms with Crippen molar-refractivity contribution in [2.75, 3.05) is 67.5 Å². The predicted octanol–water partition coefficient (Wildman–Crippen LogP) is 3.41. The van der Waals surface area contributed by atoms with Gasteiger partial charge in [-0.2, -0.15) is 0 Å². The molecule has 176 valence electrons. The lowest BCUT2D eigenvalue weighted by atomic mass is 10.1. The van der Waals surface area contributed by atoms with Crippen LogP contribution in [0, 0.1) is 6.92 Å². The first kappa shape index (κ1) is 21.5. The van der Waals surface area contributed by atoms with E-state index >= 15 is 0 Å². The van der Waals surface area contributed by atoms with Gasteiger partial charge >= 0.3 is 0 Å². The quantitative estimate of drug-likeness (QED) is 0.417. The van der Waals surface area contributed by atoms with Crippen LogP contribution in [0.5, 0.6) is 0 Å². The van der Waals surface area contributed by atoms with E-state index < -0.39 is 0 Å². The number of fused-ring (bicyclic) bond motifs is 3. The third-order valence-electron chi connectivity index (χ3n) is 6.82. The maximum absolute atomic E-state index is 6.54. The number of rotatable bonds is 4. The van der Waals surface area contributed by atoms with E-state index in [0.717, 1.165) is 86.0 Å². The molecule has 2 aliphatic rings. The zero-order valence-corrected chi connectivity index (χ0v) is 20.1. The van der Waals surface area contributed by atoms with Gasteiger partial charge in [-0.3, -0.25) is 4.40 Å². The van der Waals surface area contributed by atoms with Crippen molar-refractivity contribution in [3.8, 4) is 0 Å². The van der Waals surface area contributed by atoms with Crippen molar-refractivity contribution in [3.63, 3.8) is 0 Å². The molecule has 2 fully saturated rings. The summed E-state index contributed by atoms with van der Waals surface area (Å²) in [6.07, 6.45) is 3.75. The Labute approximate surface area is 203 Å². The Morgan fingerprint density at radius 2 is 1.68 bits per heavy atom. The minimum Gasteiger partial charge on any atom is -0.369 e. The smallest absolute Gasteiger partial charge is 0.157 e. The SMILES string of the molecule is Cc1cccc(Cl)c1Nc1nc2c(N3CCNCC3)cc(N3CCNCC3)cc2n2cncc12. The van der Waals surface area contributed by atoms with E-state index in [1.165, 1.54) is 11.4 Å². The van der Waals surface area contributed by atoms with Crippen molar-refractivity contribution >= 4 is 51.0 Å². The molecular weight excluding hydrogens is 448 g/mol. The summed E-state index contributed by atoms with van der Waals surface area (Å²) in [5.41, 5.74) is 7.32. The number of nitrogens with one attached hydrogen (secondary N) is 3. The van der Waals surface area contributed by atoms with Crippen molar-refractivity contribution in [3.05, 3.63) is 53.4 Å².